The Morgan fingerprint density at radius 3 is 2.32 bits per heavy atom. The maximum Gasteiger partial charge on any atom is 0.312 e. The highest BCUT2D eigenvalue weighted by molar-refractivity contribution is 5.76. The number of carbonyl (C=O) groups excluding carboxylic acids is 2. The van der Waals surface area contributed by atoms with Crippen LogP contribution in [-0.4, -0.2) is 62.9 Å². The van der Waals surface area contributed by atoms with Gasteiger partial charge < -0.3 is 20.1 Å². The van der Waals surface area contributed by atoms with Crippen molar-refractivity contribution in [1.29, 1.82) is 0 Å². The van der Waals surface area contributed by atoms with Crippen molar-refractivity contribution in [3.63, 3.8) is 0 Å². The highest BCUT2D eigenvalue weighted by Crippen LogP contribution is 2.27. The van der Waals surface area contributed by atoms with Gasteiger partial charge in [0.25, 0.3) is 0 Å². The summed E-state index contributed by atoms with van der Waals surface area (Å²) in [5.41, 5.74) is 5.05. The van der Waals surface area contributed by atoms with Gasteiger partial charge in [0.2, 0.25) is 0 Å². The van der Waals surface area contributed by atoms with Crippen LogP contribution in [0.15, 0.2) is 12.2 Å². The topological polar surface area (TPSA) is 93.9 Å². The Morgan fingerprint density at radius 2 is 1.82 bits per heavy atom. The summed E-state index contributed by atoms with van der Waals surface area (Å²) in [5, 5.41) is 2.98. The Labute approximate surface area is 171 Å². The van der Waals surface area contributed by atoms with Gasteiger partial charge >= 0.3 is 11.9 Å². The van der Waals surface area contributed by atoms with Crippen LogP contribution in [0.1, 0.15) is 53.9 Å². The third-order valence-electron chi connectivity index (χ3n) is 4.99. The quantitative estimate of drug-likeness (QED) is 0.279. The molecule has 0 fully saturated rings. The molecule has 0 rings (SSSR count). The molecule has 0 aromatic heterocycles. The standard InChI is InChI=1S/C21H41N3O4/c1-16(2)20(3,4)19(26)27-14-10-12-21(5,22)15-17(23-6)28-18(25)11-9-13-24(7)8/h10,12,16-17,23H,9,11,13-15,22H2,1-8H3/b12-10+. The van der Waals surface area contributed by atoms with Gasteiger partial charge in [0, 0.05) is 18.4 Å². The average molecular weight is 400 g/mol. The highest BCUT2D eigenvalue weighted by atomic mass is 16.6. The first-order chi connectivity index (χ1) is 12.8. The first-order valence-electron chi connectivity index (χ1n) is 9.97. The predicted octanol–water partition coefficient (Wildman–Crippen LogP) is 2.31. The third-order valence-corrected chi connectivity index (χ3v) is 4.99. The molecule has 0 aliphatic carbocycles. The van der Waals surface area contributed by atoms with Crippen LogP contribution < -0.4 is 11.1 Å². The van der Waals surface area contributed by atoms with E-state index in [1.54, 1.807) is 19.2 Å². The summed E-state index contributed by atoms with van der Waals surface area (Å²) in [6, 6.07) is 0. The van der Waals surface area contributed by atoms with E-state index in [0.717, 1.165) is 13.0 Å². The number of esters is 2. The molecular weight excluding hydrogens is 358 g/mol. The second-order valence-electron chi connectivity index (χ2n) is 8.76. The molecule has 0 saturated heterocycles. The van der Waals surface area contributed by atoms with Crippen molar-refractivity contribution < 1.29 is 19.1 Å². The normalized spacial score (nSPS) is 15.7. The number of hydrogen-bond donors (Lipinski definition) is 2. The number of nitrogens with two attached hydrogens (primary N) is 1. The molecule has 7 heteroatoms. The molecule has 2 atom stereocenters. The van der Waals surface area contributed by atoms with Crippen molar-refractivity contribution in [3.05, 3.63) is 12.2 Å². The monoisotopic (exact) mass is 399 g/mol. The van der Waals surface area contributed by atoms with E-state index >= 15 is 0 Å². The van der Waals surface area contributed by atoms with Crippen LogP contribution in [0.2, 0.25) is 0 Å². The summed E-state index contributed by atoms with van der Waals surface area (Å²) in [6.45, 7) is 10.6. The fourth-order valence-corrected chi connectivity index (χ4v) is 2.29. The molecule has 0 radical (unpaired) electrons. The molecule has 3 N–H and O–H groups in total. The number of ether oxygens (including phenoxy) is 2. The summed E-state index contributed by atoms with van der Waals surface area (Å²) < 4.78 is 10.8. The largest absolute Gasteiger partial charge is 0.461 e. The molecule has 2 unspecified atom stereocenters. The maximum absolute atomic E-state index is 12.1. The summed E-state index contributed by atoms with van der Waals surface area (Å²) in [7, 11) is 5.66. The molecule has 0 aromatic carbocycles. The molecule has 0 aliphatic rings. The van der Waals surface area contributed by atoms with Gasteiger partial charge in [-0.15, -0.1) is 0 Å². The van der Waals surface area contributed by atoms with Crippen molar-refractivity contribution >= 4 is 11.9 Å². The lowest BCUT2D eigenvalue weighted by molar-refractivity contribution is -0.155. The number of nitrogens with zero attached hydrogens (tertiary/aromatic N) is 1. The van der Waals surface area contributed by atoms with Gasteiger partial charge in [0.05, 0.1) is 5.41 Å². The average Bonchev–Trinajstić information content (AvgIpc) is 2.57. The molecular formula is C21H41N3O4. The number of hydrogen-bond acceptors (Lipinski definition) is 7. The van der Waals surface area contributed by atoms with E-state index in [2.05, 4.69) is 5.32 Å². The predicted molar refractivity (Wildman–Crippen MR) is 113 cm³/mol. The Balaban J connectivity index is 4.49. The van der Waals surface area contributed by atoms with Crippen molar-refractivity contribution in [2.45, 2.75) is 65.6 Å². The zero-order valence-electron chi connectivity index (χ0n) is 19.0. The van der Waals surface area contributed by atoms with Crippen LogP contribution in [0, 0.1) is 11.3 Å². The van der Waals surface area contributed by atoms with Crippen molar-refractivity contribution in [2.75, 3.05) is 34.3 Å². The van der Waals surface area contributed by atoms with Gasteiger partial charge in [0.15, 0.2) is 6.23 Å². The van der Waals surface area contributed by atoms with Crippen molar-refractivity contribution in [3.8, 4) is 0 Å². The van der Waals surface area contributed by atoms with Crippen LogP contribution in [0.5, 0.6) is 0 Å². The molecule has 0 amide bonds. The van der Waals surface area contributed by atoms with Crippen LogP contribution in [0.25, 0.3) is 0 Å². The van der Waals surface area contributed by atoms with Gasteiger partial charge in [-0.25, -0.2) is 0 Å². The van der Waals surface area contributed by atoms with E-state index in [0.29, 0.717) is 12.8 Å². The SMILES string of the molecule is CNC(CC(C)(N)/C=C/COC(=O)C(C)(C)C(C)C)OC(=O)CCCN(C)C. The van der Waals surface area contributed by atoms with Crippen molar-refractivity contribution in [2.24, 2.45) is 17.1 Å². The van der Waals surface area contributed by atoms with Gasteiger partial charge in [0.1, 0.15) is 6.61 Å². The minimum atomic E-state index is -0.711. The summed E-state index contributed by atoms with van der Waals surface area (Å²) in [4.78, 5) is 26.1. The second-order valence-corrected chi connectivity index (χ2v) is 8.76. The Morgan fingerprint density at radius 1 is 1.21 bits per heavy atom. The number of carbonyl (C=O) groups is 2. The van der Waals surface area contributed by atoms with E-state index in [4.69, 9.17) is 15.2 Å². The molecule has 28 heavy (non-hydrogen) atoms. The van der Waals surface area contributed by atoms with Crippen LogP contribution in [0.3, 0.4) is 0 Å². The van der Waals surface area contributed by atoms with Gasteiger partial charge in [-0.2, -0.15) is 0 Å². The van der Waals surface area contributed by atoms with E-state index in [9.17, 15) is 9.59 Å². The van der Waals surface area contributed by atoms with E-state index in [-0.39, 0.29) is 24.5 Å². The molecule has 0 spiro atoms. The molecule has 0 aliphatic heterocycles. The number of nitrogens with one attached hydrogen (secondary N) is 1. The van der Waals surface area contributed by atoms with Gasteiger partial charge in [-0.05, 0) is 66.9 Å². The first kappa shape index (κ1) is 26.6. The molecule has 0 aromatic rings. The number of rotatable bonds is 13. The molecule has 164 valence electrons. The minimum Gasteiger partial charge on any atom is -0.461 e. The van der Waals surface area contributed by atoms with Crippen LogP contribution in [-0.2, 0) is 19.1 Å². The smallest absolute Gasteiger partial charge is 0.312 e. The molecule has 0 bridgehead atoms. The van der Waals surface area contributed by atoms with E-state index in [1.807, 2.05) is 53.6 Å². The Kier molecular flexibility index (Phi) is 11.6. The summed E-state index contributed by atoms with van der Waals surface area (Å²) in [5.74, 6) is -0.288. The summed E-state index contributed by atoms with van der Waals surface area (Å²) >= 11 is 0. The van der Waals surface area contributed by atoms with Crippen LogP contribution >= 0.6 is 0 Å². The lowest BCUT2D eigenvalue weighted by atomic mass is 9.81. The first-order valence-corrected chi connectivity index (χ1v) is 9.97. The molecule has 7 nitrogen and oxygen atoms in total. The zero-order valence-corrected chi connectivity index (χ0v) is 19.0. The van der Waals surface area contributed by atoms with Crippen molar-refractivity contribution in [1.82, 2.24) is 10.2 Å². The van der Waals surface area contributed by atoms with Crippen LogP contribution in [0.4, 0.5) is 0 Å². The lowest BCUT2D eigenvalue weighted by Crippen LogP contribution is -2.44. The van der Waals surface area contributed by atoms with Gasteiger partial charge in [-0.3, -0.25) is 14.9 Å². The molecule has 0 heterocycles. The Bertz CT molecular complexity index is 514. The Hall–Kier alpha value is -1.44. The zero-order chi connectivity index (χ0) is 22.0. The fourth-order valence-electron chi connectivity index (χ4n) is 2.29. The van der Waals surface area contributed by atoms with Gasteiger partial charge in [-0.1, -0.05) is 19.9 Å². The lowest BCUT2D eigenvalue weighted by Gasteiger charge is -2.27. The summed E-state index contributed by atoms with van der Waals surface area (Å²) in [6.07, 6.45) is 4.57. The second kappa shape index (κ2) is 12.2. The molecule has 0 saturated carbocycles. The highest BCUT2D eigenvalue weighted by Gasteiger charge is 2.32. The maximum atomic E-state index is 12.1. The fraction of sp³-hybridized carbons (Fsp3) is 0.810. The third kappa shape index (κ3) is 10.8. The van der Waals surface area contributed by atoms with E-state index < -0.39 is 17.2 Å². The van der Waals surface area contributed by atoms with E-state index in [1.165, 1.54) is 0 Å². The minimum absolute atomic E-state index is 0.163.